The summed E-state index contributed by atoms with van der Waals surface area (Å²) in [5.41, 5.74) is 0. The summed E-state index contributed by atoms with van der Waals surface area (Å²) in [5.74, 6) is -0.814. The van der Waals surface area contributed by atoms with E-state index in [0.29, 0.717) is 25.7 Å². The molecule has 0 amide bonds. The molecule has 3 atom stereocenters. The summed E-state index contributed by atoms with van der Waals surface area (Å²) in [6.07, 6.45) is 27.2. The first-order chi connectivity index (χ1) is 27.8. The lowest BCUT2D eigenvalue weighted by molar-refractivity contribution is -0.173. The van der Waals surface area contributed by atoms with E-state index in [9.17, 15) is 19.5 Å². The molecule has 57 heavy (non-hydrogen) atoms. The Bertz CT molecular complexity index is 900. The summed E-state index contributed by atoms with van der Waals surface area (Å²) in [6, 6.07) is 0. The molecule has 1 N–H and O–H groups in total. The number of carbonyl (C=O) groups is 3. The number of hydrogen-bond acceptors (Lipinski definition) is 10. The SMILES string of the molecule is CCCCCCCCCCCCC(CCC(=O)OC(COC(=O)CCCCCCCCC)COC(O)CCCCCCCCC)OC(=O)OCCCN(CC)CC. The molecule has 0 bridgehead atoms. The van der Waals surface area contributed by atoms with Gasteiger partial charge >= 0.3 is 18.1 Å². The minimum absolute atomic E-state index is 0.0285. The van der Waals surface area contributed by atoms with Crippen molar-refractivity contribution in [2.45, 2.75) is 246 Å². The van der Waals surface area contributed by atoms with E-state index in [1.165, 1.54) is 96.3 Å². The maximum atomic E-state index is 13.2. The lowest BCUT2D eigenvalue weighted by Crippen LogP contribution is -2.32. The van der Waals surface area contributed by atoms with Crippen LogP contribution in [0.2, 0.25) is 0 Å². The van der Waals surface area contributed by atoms with Crippen molar-refractivity contribution in [3.63, 3.8) is 0 Å². The Morgan fingerprint density at radius 3 is 1.49 bits per heavy atom. The fourth-order valence-electron chi connectivity index (χ4n) is 6.98. The van der Waals surface area contributed by atoms with Crippen LogP contribution in [-0.4, -0.2) is 86.1 Å². The van der Waals surface area contributed by atoms with Crippen molar-refractivity contribution >= 4 is 18.1 Å². The summed E-state index contributed by atoms with van der Waals surface area (Å²) < 4.78 is 28.2. The van der Waals surface area contributed by atoms with Crippen molar-refractivity contribution in [3.05, 3.63) is 0 Å². The van der Waals surface area contributed by atoms with Gasteiger partial charge in [-0.15, -0.1) is 0 Å². The lowest BCUT2D eigenvalue weighted by Gasteiger charge is -2.21. The van der Waals surface area contributed by atoms with Gasteiger partial charge in [-0.1, -0.05) is 169 Å². The Morgan fingerprint density at radius 2 is 0.965 bits per heavy atom. The van der Waals surface area contributed by atoms with Crippen LogP contribution in [0.25, 0.3) is 0 Å². The van der Waals surface area contributed by atoms with Gasteiger partial charge in [-0.05, 0) is 58.0 Å². The quantitative estimate of drug-likeness (QED) is 0.0276. The van der Waals surface area contributed by atoms with Crippen molar-refractivity contribution in [3.8, 4) is 0 Å². The summed E-state index contributed by atoms with van der Waals surface area (Å²) in [4.78, 5) is 40.7. The second kappa shape index (κ2) is 42.2. The number of unbranched alkanes of at least 4 members (excludes halogenated alkanes) is 21. The maximum absolute atomic E-state index is 13.2. The van der Waals surface area contributed by atoms with Crippen LogP contribution in [0.1, 0.15) is 227 Å². The topological polar surface area (TPSA) is 121 Å². The van der Waals surface area contributed by atoms with Gasteiger partial charge in [-0.25, -0.2) is 4.79 Å². The average molecular weight is 814 g/mol. The number of aliphatic hydroxyl groups excluding tert-OH is 1. The van der Waals surface area contributed by atoms with E-state index in [1.54, 1.807) is 0 Å². The number of rotatable bonds is 43. The molecule has 0 aliphatic rings. The van der Waals surface area contributed by atoms with Gasteiger partial charge in [0.15, 0.2) is 12.4 Å². The first-order valence-corrected chi connectivity index (χ1v) is 24.0. The van der Waals surface area contributed by atoms with Gasteiger partial charge in [0.2, 0.25) is 0 Å². The second-order valence-corrected chi connectivity index (χ2v) is 16.1. The average Bonchev–Trinajstić information content (AvgIpc) is 3.20. The highest BCUT2D eigenvalue weighted by Gasteiger charge is 2.22. The van der Waals surface area contributed by atoms with Gasteiger partial charge < -0.3 is 33.7 Å². The minimum Gasteiger partial charge on any atom is -0.462 e. The predicted octanol–water partition coefficient (Wildman–Crippen LogP) is 12.4. The van der Waals surface area contributed by atoms with Gasteiger partial charge in [-0.2, -0.15) is 0 Å². The molecule has 0 aromatic carbocycles. The molecule has 0 saturated carbocycles. The number of ether oxygens (including phenoxy) is 5. The Balaban J connectivity index is 5.13. The number of hydrogen-bond donors (Lipinski definition) is 1. The highest BCUT2D eigenvalue weighted by molar-refractivity contribution is 5.70. The fourth-order valence-corrected chi connectivity index (χ4v) is 6.98. The molecule has 0 heterocycles. The molecule has 0 saturated heterocycles. The van der Waals surface area contributed by atoms with Crippen LogP contribution in [0.3, 0.4) is 0 Å². The predicted molar refractivity (Wildman–Crippen MR) is 232 cm³/mol. The second-order valence-electron chi connectivity index (χ2n) is 16.1. The number of nitrogens with zero attached hydrogens (tertiary/aromatic N) is 1. The summed E-state index contributed by atoms with van der Waals surface area (Å²) >= 11 is 0. The molecule has 0 radical (unpaired) electrons. The van der Waals surface area contributed by atoms with E-state index in [2.05, 4.69) is 39.5 Å². The van der Waals surface area contributed by atoms with E-state index >= 15 is 0 Å². The number of carbonyl (C=O) groups excluding carboxylic acids is 3. The van der Waals surface area contributed by atoms with Crippen molar-refractivity contribution < 1.29 is 43.2 Å². The summed E-state index contributed by atoms with van der Waals surface area (Å²) in [7, 11) is 0. The van der Waals surface area contributed by atoms with E-state index in [0.717, 1.165) is 83.8 Å². The zero-order chi connectivity index (χ0) is 42.0. The third-order valence-electron chi connectivity index (χ3n) is 10.8. The molecule has 10 heteroatoms. The van der Waals surface area contributed by atoms with Crippen LogP contribution in [0.15, 0.2) is 0 Å². The van der Waals surface area contributed by atoms with Crippen LogP contribution >= 0.6 is 0 Å². The Labute approximate surface area is 350 Å². The molecular formula is C47H91NO9. The summed E-state index contributed by atoms with van der Waals surface area (Å²) in [5, 5.41) is 10.5. The van der Waals surface area contributed by atoms with Crippen LogP contribution in [0.5, 0.6) is 0 Å². The van der Waals surface area contributed by atoms with Gasteiger partial charge in [0, 0.05) is 19.4 Å². The third kappa shape index (κ3) is 38.1. The van der Waals surface area contributed by atoms with Crippen LogP contribution < -0.4 is 0 Å². The monoisotopic (exact) mass is 814 g/mol. The third-order valence-corrected chi connectivity index (χ3v) is 10.8. The molecule has 10 nitrogen and oxygen atoms in total. The van der Waals surface area contributed by atoms with Gasteiger partial charge in [0.05, 0.1) is 13.2 Å². The van der Waals surface area contributed by atoms with Crippen molar-refractivity contribution in [1.29, 1.82) is 0 Å². The normalized spacial score (nSPS) is 13.0. The molecular weight excluding hydrogens is 723 g/mol. The Morgan fingerprint density at radius 1 is 0.474 bits per heavy atom. The molecule has 3 unspecified atom stereocenters. The van der Waals surface area contributed by atoms with E-state index in [-0.39, 0.29) is 32.2 Å². The number of esters is 2. The van der Waals surface area contributed by atoms with Crippen LogP contribution in [-0.2, 0) is 33.3 Å². The molecule has 0 aliphatic heterocycles. The molecule has 338 valence electrons. The fraction of sp³-hybridized carbons (Fsp3) is 0.936. The molecule has 0 spiro atoms. The van der Waals surface area contributed by atoms with E-state index in [4.69, 9.17) is 23.7 Å². The number of aliphatic hydroxyl groups is 1. The maximum Gasteiger partial charge on any atom is 0.508 e. The van der Waals surface area contributed by atoms with Crippen LogP contribution in [0, 0.1) is 0 Å². The zero-order valence-electron chi connectivity index (χ0n) is 37.8. The van der Waals surface area contributed by atoms with Crippen molar-refractivity contribution in [2.75, 3.05) is 39.5 Å². The van der Waals surface area contributed by atoms with Crippen molar-refractivity contribution in [1.82, 2.24) is 4.90 Å². The highest BCUT2D eigenvalue weighted by atomic mass is 16.7. The van der Waals surface area contributed by atoms with E-state index in [1.807, 2.05) is 0 Å². The molecule has 0 aliphatic carbocycles. The lowest BCUT2D eigenvalue weighted by atomic mass is 10.0. The molecule has 0 fully saturated rings. The first-order valence-electron chi connectivity index (χ1n) is 24.0. The van der Waals surface area contributed by atoms with Gasteiger partial charge in [-0.3, -0.25) is 9.59 Å². The van der Waals surface area contributed by atoms with Crippen LogP contribution in [0.4, 0.5) is 4.79 Å². The Hall–Kier alpha value is -1.91. The zero-order valence-corrected chi connectivity index (χ0v) is 37.8. The van der Waals surface area contributed by atoms with Crippen molar-refractivity contribution in [2.24, 2.45) is 0 Å². The summed E-state index contributed by atoms with van der Waals surface area (Å²) in [6.45, 7) is 13.7. The smallest absolute Gasteiger partial charge is 0.462 e. The molecule has 0 rings (SSSR count). The Kier molecular flexibility index (Phi) is 40.8. The highest BCUT2D eigenvalue weighted by Crippen LogP contribution is 2.18. The standard InChI is InChI=1S/C47H91NO9/c1-6-11-14-17-20-21-22-25-26-29-33-42(57-47(52)53-39-32-38-48(9-4)10-5)36-37-46(51)56-43(40-54-44(49)34-30-27-23-18-15-12-7-2)41-55-45(50)35-31-28-24-19-16-13-8-3/h42-44,49H,6-41H2,1-5H3. The van der Waals surface area contributed by atoms with Gasteiger partial charge in [0.25, 0.3) is 0 Å². The molecule has 0 aromatic rings. The van der Waals surface area contributed by atoms with Gasteiger partial charge in [0.1, 0.15) is 12.7 Å². The largest absolute Gasteiger partial charge is 0.508 e. The first kappa shape index (κ1) is 55.1. The molecule has 0 aromatic heterocycles. The van der Waals surface area contributed by atoms with E-state index < -0.39 is 30.6 Å². The minimum atomic E-state index is -0.984.